The summed E-state index contributed by atoms with van der Waals surface area (Å²) in [4.78, 5) is 35.6. The van der Waals surface area contributed by atoms with Crippen molar-refractivity contribution in [1.29, 1.82) is 0 Å². The van der Waals surface area contributed by atoms with Crippen molar-refractivity contribution < 1.29 is 28.2 Å². The molecule has 2 aliphatic rings. The van der Waals surface area contributed by atoms with E-state index in [2.05, 4.69) is 20.6 Å². The summed E-state index contributed by atoms with van der Waals surface area (Å²) in [6, 6.07) is 2.89. The normalized spacial score (nSPS) is 15.8. The second kappa shape index (κ2) is 11.1. The van der Waals surface area contributed by atoms with Gasteiger partial charge in [0.15, 0.2) is 0 Å². The predicted molar refractivity (Wildman–Crippen MR) is 150 cm³/mol. The number of amides is 3. The van der Waals surface area contributed by atoms with E-state index in [9.17, 15) is 9.59 Å². The fourth-order valence-electron chi connectivity index (χ4n) is 4.78. The molecule has 3 aromatic rings. The summed E-state index contributed by atoms with van der Waals surface area (Å²) in [5, 5.41) is 6.50. The van der Waals surface area contributed by atoms with E-state index in [1.807, 2.05) is 0 Å². The molecule has 0 aliphatic carbocycles. The van der Waals surface area contributed by atoms with Gasteiger partial charge in [0.05, 0.1) is 11.6 Å². The maximum Gasteiger partial charge on any atom is 0.415 e. The van der Waals surface area contributed by atoms with Crippen molar-refractivity contribution >= 4 is 46.0 Å². The monoisotopic (exact) mass is 571 g/mol. The predicted octanol–water partition coefficient (Wildman–Crippen LogP) is 5.83. The Balaban J connectivity index is 1.49. The summed E-state index contributed by atoms with van der Waals surface area (Å²) in [7, 11) is 0. The summed E-state index contributed by atoms with van der Waals surface area (Å²) in [5.74, 6) is -0.105. The van der Waals surface area contributed by atoms with Crippen molar-refractivity contribution in [2.24, 2.45) is 0 Å². The van der Waals surface area contributed by atoms with E-state index in [4.69, 9.17) is 25.8 Å². The van der Waals surface area contributed by atoms with Gasteiger partial charge in [-0.25, -0.2) is 23.9 Å². The van der Waals surface area contributed by atoms with E-state index in [0.29, 0.717) is 40.8 Å². The molecule has 40 heavy (non-hydrogen) atoms. The molecule has 1 aromatic carbocycles. The molecule has 1 fully saturated rings. The summed E-state index contributed by atoms with van der Waals surface area (Å²) in [6.07, 6.45) is 3.85. The Morgan fingerprint density at radius 2 is 1.88 bits per heavy atom. The smallest absolute Gasteiger partial charge is 0.415 e. The summed E-state index contributed by atoms with van der Waals surface area (Å²) in [5.41, 5.74) is 0.906. The highest BCUT2D eigenvalue weighted by Gasteiger charge is 2.32. The van der Waals surface area contributed by atoms with Gasteiger partial charge in [0.2, 0.25) is 5.88 Å². The molecule has 2 aromatic heterocycles. The fourth-order valence-corrected chi connectivity index (χ4v) is 5.04. The molecular weight excluding hydrogens is 541 g/mol. The van der Waals surface area contributed by atoms with Gasteiger partial charge >= 0.3 is 12.1 Å². The van der Waals surface area contributed by atoms with E-state index >= 15 is 4.39 Å². The van der Waals surface area contributed by atoms with Gasteiger partial charge in [-0.15, -0.1) is 0 Å². The summed E-state index contributed by atoms with van der Waals surface area (Å²) >= 11 is 6.46. The number of anilines is 2. The third kappa shape index (κ3) is 5.75. The third-order valence-corrected chi connectivity index (χ3v) is 7.07. The summed E-state index contributed by atoms with van der Waals surface area (Å²) in [6.45, 7) is 8.83. The molecule has 4 heterocycles. The van der Waals surface area contributed by atoms with Gasteiger partial charge in [0, 0.05) is 48.2 Å². The number of aromatic nitrogens is 2. The molecule has 0 spiro atoms. The highest BCUT2D eigenvalue weighted by atomic mass is 35.5. The fraction of sp³-hybridized carbons (Fsp3) is 0.429. The van der Waals surface area contributed by atoms with Crippen molar-refractivity contribution in [3.05, 3.63) is 40.9 Å². The Hall–Kier alpha value is -3.70. The van der Waals surface area contributed by atoms with E-state index in [1.165, 1.54) is 17.3 Å². The maximum absolute atomic E-state index is 15.7. The van der Waals surface area contributed by atoms with Crippen LogP contribution >= 0.6 is 11.6 Å². The molecular formula is C28H31ClFN5O5. The first-order chi connectivity index (χ1) is 19.0. The molecule has 0 bridgehead atoms. The Kier molecular flexibility index (Phi) is 7.70. The number of carbonyl (C=O) groups excluding carboxylic acids is 2. The number of ether oxygens (including phenoxy) is 3. The van der Waals surface area contributed by atoms with Crippen LogP contribution in [0.1, 0.15) is 39.2 Å². The van der Waals surface area contributed by atoms with Crippen LogP contribution in [-0.4, -0.2) is 60.1 Å². The first-order valence-electron chi connectivity index (χ1n) is 13.1. The van der Waals surface area contributed by atoms with Gasteiger partial charge in [0.25, 0.3) is 0 Å². The van der Waals surface area contributed by atoms with Crippen molar-refractivity contribution in [3.63, 3.8) is 0 Å². The van der Waals surface area contributed by atoms with E-state index in [0.717, 1.165) is 12.8 Å². The highest BCUT2D eigenvalue weighted by Crippen LogP contribution is 2.42. The number of hydrogen-bond acceptors (Lipinski definition) is 7. The average molecular weight is 572 g/mol. The average Bonchev–Trinajstić information content (AvgIpc) is 2.90. The minimum absolute atomic E-state index is 0.0214. The maximum atomic E-state index is 15.7. The molecule has 212 valence electrons. The van der Waals surface area contributed by atoms with Crippen LogP contribution in [0.25, 0.3) is 21.9 Å². The van der Waals surface area contributed by atoms with Crippen LogP contribution in [-0.2, 0) is 9.47 Å². The standard InChI is InChI=1S/C28H31ClFN5O5/c1-15-19(13-32-25-24(15)35(7-10-39-25)27(37)40-28(2,3)4)18-11-16-12-21(31-14-20(16)22(29)23(18)30)34-26(36)33-17-5-8-38-9-6-17/h11-14,17H,5-10H2,1-4H3,(H2,31,33,34,36). The molecule has 3 amide bonds. The topological polar surface area (TPSA) is 115 Å². The number of hydrogen-bond donors (Lipinski definition) is 2. The molecule has 2 aliphatic heterocycles. The van der Waals surface area contributed by atoms with Gasteiger partial charge in [-0.3, -0.25) is 10.2 Å². The second-order valence-corrected chi connectivity index (χ2v) is 11.1. The Bertz CT molecular complexity index is 1470. The van der Waals surface area contributed by atoms with Gasteiger partial charge in [0.1, 0.15) is 29.5 Å². The van der Waals surface area contributed by atoms with Gasteiger partial charge in [-0.05, 0) is 63.6 Å². The number of urea groups is 1. The molecule has 2 N–H and O–H groups in total. The van der Waals surface area contributed by atoms with Crippen molar-refractivity contribution in [3.8, 4) is 17.0 Å². The molecule has 1 saturated heterocycles. The number of halogens is 2. The highest BCUT2D eigenvalue weighted by molar-refractivity contribution is 6.36. The largest absolute Gasteiger partial charge is 0.474 e. The lowest BCUT2D eigenvalue weighted by molar-refractivity contribution is 0.0566. The minimum atomic E-state index is -0.700. The van der Waals surface area contributed by atoms with Crippen molar-refractivity contribution in [2.75, 3.05) is 36.6 Å². The van der Waals surface area contributed by atoms with Crippen LogP contribution in [0.3, 0.4) is 0 Å². The van der Waals surface area contributed by atoms with Gasteiger partial charge in [-0.1, -0.05) is 11.6 Å². The zero-order valence-corrected chi connectivity index (χ0v) is 23.5. The minimum Gasteiger partial charge on any atom is -0.474 e. The quantitative estimate of drug-likeness (QED) is 0.406. The molecule has 0 saturated carbocycles. The molecule has 12 heteroatoms. The first-order valence-corrected chi connectivity index (χ1v) is 13.5. The third-order valence-electron chi connectivity index (χ3n) is 6.70. The number of benzene rings is 1. The number of pyridine rings is 2. The van der Waals surface area contributed by atoms with E-state index in [-0.39, 0.29) is 47.5 Å². The summed E-state index contributed by atoms with van der Waals surface area (Å²) < 4.78 is 32.3. The van der Waals surface area contributed by atoms with Crippen LogP contribution in [0.4, 0.5) is 25.5 Å². The van der Waals surface area contributed by atoms with Crippen LogP contribution < -0.4 is 20.3 Å². The lowest BCUT2D eigenvalue weighted by Gasteiger charge is -2.32. The van der Waals surface area contributed by atoms with Crippen LogP contribution in [0.15, 0.2) is 24.5 Å². The Morgan fingerprint density at radius 1 is 1.12 bits per heavy atom. The lowest BCUT2D eigenvalue weighted by atomic mass is 9.97. The Morgan fingerprint density at radius 3 is 2.60 bits per heavy atom. The molecule has 0 unspecified atom stereocenters. The molecule has 0 atom stereocenters. The number of rotatable bonds is 3. The van der Waals surface area contributed by atoms with Crippen LogP contribution in [0, 0.1) is 12.7 Å². The van der Waals surface area contributed by atoms with E-state index in [1.54, 1.807) is 39.8 Å². The number of carbonyl (C=O) groups is 2. The Labute approximate surface area is 236 Å². The van der Waals surface area contributed by atoms with Crippen LogP contribution in [0.2, 0.25) is 5.02 Å². The lowest BCUT2D eigenvalue weighted by Crippen LogP contribution is -2.42. The first kappa shape index (κ1) is 27.9. The number of nitrogens with zero attached hydrogens (tertiary/aromatic N) is 3. The SMILES string of the molecule is Cc1c(-c2cc3cc(NC(=O)NC4CCOCC4)ncc3c(Cl)c2F)cnc2c1N(C(=O)OC(C)(C)C)CCO2. The van der Waals surface area contributed by atoms with Crippen molar-refractivity contribution in [2.45, 2.75) is 52.2 Å². The molecule has 0 radical (unpaired) electrons. The second-order valence-electron chi connectivity index (χ2n) is 10.8. The van der Waals surface area contributed by atoms with Crippen LogP contribution in [0.5, 0.6) is 5.88 Å². The van der Waals surface area contributed by atoms with Gasteiger partial charge in [-0.2, -0.15) is 0 Å². The molecule has 10 nitrogen and oxygen atoms in total. The zero-order valence-electron chi connectivity index (χ0n) is 22.8. The zero-order chi connectivity index (χ0) is 28.6. The molecule has 5 rings (SSSR count). The number of fused-ring (bicyclic) bond motifs is 2. The number of nitrogens with one attached hydrogen (secondary N) is 2. The van der Waals surface area contributed by atoms with Crippen molar-refractivity contribution in [1.82, 2.24) is 15.3 Å². The van der Waals surface area contributed by atoms with E-state index < -0.39 is 17.5 Å². The van der Waals surface area contributed by atoms with Gasteiger partial charge < -0.3 is 19.5 Å².